The molecule has 1 fully saturated rings. The minimum absolute atomic E-state index is 0.191. The number of nitrogens with zero attached hydrogens (tertiary/aromatic N) is 6. The first-order valence-corrected chi connectivity index (χ1v) is 9.03. The van der Waals surface area contributed by atoms with Crippen LogP contribution in [0, 0.1) is 6.92 Å². The van der Waals surface area contributed by atoms with Gasteiger partial charge in [-0.25, -0.2) is 4.98 Å². The third-order valence-electron chi connectivity index (χ3n) is 4.31. The van der Waals surface area contributed by atoms with Gasteiger partial charge in [-0.2, -0.15) is 13.2 Å². The molecule has 7 nitrogen and oxygen atoms in total. The quantitative estimate of drug-likeness (QED) is 0.666. The zero-order chi connectivity index (χ0) is 19.2. The largest absolute Gasteiger partial charge is 0.445 e. The van der Waals surface area contributed by atoms with Gasteiger partial charge in [0.05, 0.1) is 0 Å². The lowest BCUT2D eigenvalue weighted by Gasteiger charge is -2.33. The average molecular weight is 396 g/mol. The van der Waals surface area contributed by atoms with Crippen LogP contribution in [0.25, 0.3) is 5.65 Å². The van der Waals surface area contributed by atoms with Crippen molar-refractivity contribution in [3.8, 4) is 0 Å². The molecule has 0 unspecified atom stereocenters. The predicted molar refractivity (Wildman–Crippen MR) is 93.0 cm³/mol. The van der Waals surface area contributed by atoms with Crippen LogP contribution in [0.15, 0.2) is 24.5 Å². The lowest BCUT2D eigenvalue weighted by atomic mass is 10.3. The number of hydrogen-bond donors (Lipinski definition) is 0. The van der Waals surface area contributed by atoms with Gasteiger partial charge in [0.2, 0.25) is 10.1 Å². The van der Waals surface area contributed by atoms with Gasteiger partial charge >= 0.3 is 6.18 Å². The summed E-state index contributed by atoms with van der Waals surface area (Å²) in [4.78, 5) is 20.4. The standard InChI is InChI=1S/C16H15F3N6OS/c1-10-2-3-12-20-11(9-25(12)8-10)13(26)23-4-6-24(7-5-23)15-22-21-14(27-15)16(17,18)19/h2-3,8-9H,4-7H2,1H3. The van der Waals surface area contributed by atoms with Crippen molar-refractivity contribution in [1.82, 2.24) is 24.5 Å². The number of piperazine rings is 1. The summed E-state index contributed by atoms with van der Waals surface area (Å²) in [7, 11) is 0. The number of halogens is 3. The highest BCUT2D eigenvalue weighted by Gasteiger charge is 2.36. The minimum Gasteiger partial charge on any atom is -0.343 e. The van der Waals surface area contributed by atoms with E-state index in [-0.39, 0.29) is 11.0 Å². The summed E-state index contributed by atoms with van der Waals surface area (Å²) in [6, 6.07) is 3.77. The Morgan fingerprint density at radius 1 is 1.11 bits per heavy atom. The maximum absolute atomic E-state index is 12.7. The molecule has 0 spiro atoms. The molecule has 0 N–H and O–H groups in total. The second kappa shape index (κ2) is 6.48. The van der Waals surface area contributed by atoms with Crippen LogP contribution < -0.4 is 4.90 Å². The Balaban J connectivity index is 1.43. The van der Waals surface area contributed by atoms with Crippen LogP contribution in [0.3, 0.4) is 0 Å². The predicted octanol–water partition coefficient (Wildman–Crippen LogP) is 2.48. The molecule has 142 valence electrons. The lowest BCUT2D eigenvalue weighted by Crippen LogP contribution is -2.48. The summed E-state index contributed by atoms with van der Waals surface area (Å²) in [5.41, 5.74) is 2.10. The first-order chi connectivity index (χ1) is 12.8. The molecule has 1 aliphatic heterocycles. The molecule has 4 heterocycles. The zero-order valence-corrected chi connectivity index (χ0v) is 15.1. The van der Waals surface area contributed by atoms with Gasteiger partial charge in [0.15, 0.2) is 0 Å². The van der Waals surface area contributed by atoms with E-state index in [4.69, 9.17) is 0 Å². The smallest absolute Gasteiger partial charge is 0.343 e. The van der Waals surface area contributed by atoms with E-state index in [0.717, 1.165) is 5.56 Å². The highest BCUT2D eigenvalue weighted by molar-refractivity contribution is 7.15. The Morgan fingerprint density at radius 2 is 1.85 bits per heavy atom. The van der Waals surface area contributed by atoms with Crippen LogP contribution in [0.2, 0.25) is 0 Å². The Labute approximate surface area is 156 Å². The van der Waals surface area contributed by atoms with E-state index < -0.39 is 11.2 Å². The molecule has 1 amide bonds. The molecular formula is C16H15F3N6OS. The summed E-state index contributed by atoms with van der Waals surface area (Å²) >= 11 is 0.516. The van der Waals surface area contributed by atoms with E-state index in [0.29, 0.717) is 48.9 Å². The van der Waals surface area contributed by atoms with Gasteiger partial charge in [-0.3, -0.25) is 4.79 Å². The molecular weight excluding hydrogens is 381 g/mol. The summed E-state index contributed by atoms with van der Waals surface area (Å²) < 4.78 is 39.8. The average Bonchev–Trinajstić information content (AvgIpc) is 3.28. The van der Waals surface area contributed by atoms with Crippen molar-refractivity contribution >= 4 is 28.0 Å². The molecule has 0 aromatic carbocycles. The van der Waals surface area contributed by atoms with Crippen LogP contribution in [0.4, 0.5) is 18.3 Å². The number of aryl methyl sites for hydroxylation is 1. The highest BCUT2D eigenvalue weighted by Crippen LogP contribution is 2.34. The number of alkyl halides is 3. The van der Waals surface area contributed by atoms with Gasteiger partial charge in [-0.15, -0.1) is 10.2 Å². The van der Waals surface area contributed by atoms with Gasteiger partial charge in [0.1, 0.15) is 11.3 Å². The van der Waals surface area contributed by atoms with Crippen molar-refractivity contribution in [2.24, 2.45) is 0 Å². The molecule has 1 saturated heterocycles. The Kier molecular flexibility index (Phi) is 4.25. The Morgan fingerprint density at radius 3 is 2.52 bits per heavy atom. The molecule has 0 aliphatic carbocycles. The number of anilines is 1. The van der Waals surface area contributed by atoms with Gasteiger partial charge in [-0.1, -0.05) is 17.4 Å². The van der Waals surface area contributed by atoms with Crippen molar-refractivity contribution in [3.63, 3.8) is 0 Å². The van der Waals surface area contributed by atoms with E-state index in [9.17, 15) is 18.0 Å². The van der Waals surface area contributed by atoms with Crippen molar-refractivity contribution < 1.29 is 18.0 Å². The van der Waals surface area contributed by atoms with E-state index in [1.54, 1.807) is 20.4 Å². The van der Waals surface area contributed by atoms with Crippen LogP contribution in [-0.2, 0) is 6.18 Å². The minimum atomic E-state index is -4.49. The Hall–Kier alpha value is -2.69. The number of amides is 1. The van der Waals surface area contributed by atoms with Crippen LogP contribution in [0.1, 0.15) is 21.1 Å². The van der Waals surface area contributed by atoms with Crippen molar-refractivity contribution in [2.75, 3.05) is 31.1 Å². The fourth-order valence-corrected chi connectivity index (χ4v) is 3.69. The van der Waals surface area contributed by atoms with Crippen molar-refractivity contribution in [2.45, 2.75) is 13.1 Å². The number of aromatic nitrogens is 4. The normalized spacial score (nSPS) is 15.6. The topological polar surface area (TPSA) is 66.6 Å². The second-order valence-corrected chi connectivity index (χ2v) is 7.22. The number of pyridine rings is 1. The summed E-state index contributed by atoms with van der Waals surface area (Å²) in [6.07, 6.45) is -0.905. The maximum Gasteiger partial charge on any atom is 0.445 e. The van der Waals surface area contributed by atoms with E-state index in [2.05, 4.69) is 15.2 Å². The molecule has 1 aliphatic rings. The fourth-order valence-electron chi connectivity index (χ4n) is 2.93. The second-order valence-electron chi connectivity index (χ2n) is 6.26. The van der Waals surface area contributed by atoms with Gasteiger partial charge < -0.3 is 14.2 Å². The van der Waals surface area contributed by atoms with Gasteiger partial charge in [0, 0.05) is 38.6 Å². The zero-order valence-electron chi connectivity index (χ0n) is 14.3. The molecule has 3 aromatic heterocycles. The highest BCUT2D eigenvalue weighted by atomic mass is 32.1. The summed E-state index contributed by atoms with van der Waals surface area (Å²) in [5.74, 6) is -0.191. The number of fused-ring (bicyclic) bond motifs is 1. The Bertz CT molecular complexity index is 990. The van der Waals surface area contributed by atoms with Crippen LogP contribution >= 0.6 is 11.3 Å². The maximum atomic E-state index is 12.7. The number of carbonyl (C=O) groups is 1. The molecule has 3 aromatic rings. The number of rotatable bonds is 2. The number of imidazole rings is 1. The number of hydrogen-bond acceptors (Lipinski definition) is 6. The van der Waals surface area contributed by atoms with Gasteiger partial charge in [-0.05, 0) is 18.6 Å². The fraction of sp³-hybridized carbons (Fsp3) is 0.375. The first-order valence-electron chi connectivity index (χ1n) is 8.21. The van der Waals surface area contributed by atoms with E-state index in [1.165, 1.54) is 0 Å². The van der Waals surface area contributed by atoms with E-state index in [1.807, 2.05) is 25.3 Å². The molecule has 0 saturated carbocycles. The third kappa shape index (κ3) is 3.46. The van der Waals surface area contributed by atoms with Crippen LogP contribution in [-0.4, -0.2) is 56.6 Å². The van der Waals surface area contributed by atoms with Crippen LogP contribution in [0.5, 0.6) is 0 Å². The molecule has 0 atom stereocenters. The summed E-state index contributed by atoms with van der Waals surface area (Å²) in [5, 5.41) is 6.09. The summed E-state index contributed by atoms with van der Waals surface area (Å²) in [6.45, 7) is 3.51. The van der Waals surface area contributed by atoms with Crippen molar-refractivity contribution in [3.05, 3.63) is 40.8 Å². The van der Waals surface area contributed by atoms with E-state index >= 15 is 0 Å². The molecule has 4 rings (SSSR count). The molecule has 0 radical (unpaired) electrons. The lowest BCUT2D eigenvalue weighted by molar-refractivity contribution is -0.138. The van der Waals surface area contributed by atoms with Crippen molar-refractivity contribution in [1.29, 1.82) is 0 Å². The SMILES string of the molecule is Cc1ccc2nc(C(=O)N3CCN(c4nnc(C(F)(F)F)s4)CC3)cn2c1. The molecule has 0 bridgehead atoms. The monoisotopic (exact) mass is 396 g/mol. The van der Waals surface area contributed by atoms with Gasteiger partial charge in [0.25, 0.3) is 5.91 Å². The first kappa shape index (κ1) is 17.7. The third-order valence-corrected chi connectivity index (χ3v) is 5.34. The molecule has 11 heteroatoms. The number of carbonyl (C=O) groups excluding carboxylic acids is 1. The molecule has 27 heavy (non-hydrogen) atoms.